The monoisotopic (exact) mass is 353 g/mol. The van der Waals surface area contributed by atoms with Crippen LogP contribution in [0.4, 0.5) is 8.78 Å². The average Bonchev–Trinajstić information content (AvgIpc) is 2.66. The minimum absolute atomic E-state index is 0.0997. The maximum absolute atomic E-state index is 14.6. The first-order valence-electron chi connectivity index (χ1n) is 9.91. The molecule has 2 aromatic rings. The molecule has 2 fully saturated rings. The number of hydrogen-bond donors (Lipinski definition) is 0. The number of fused-ring (bicyclic) bond motifs is 2. The zero-order valence-corrected chi connectivity index (χ0v) is 15.3. The third-order valence-corrected chi connectivity index (χ3v) is 6.90. The standard InChI is InChI=1S/C23H25F2N/c1-2-14-3-4-16-8-17(6-5-15(16)7-14)18-9-19-12-22(24)20(13-26)10-21(19)23(25)11-18/h9-12,14-17H,2-8H2,1H3/t14-,15?,16-,17?/m1/s1. The molecule has 0 aromatic heterocycles. The van der Waals surface area contributed by atoms with E-state index in [-0.39, 0.29) is 11.4 Å². The van der Waals surface area contributed by atoms with Gasteiger partial charge >= 0.3 is 0 Å². The molecule has 3 heteroatoms. The summed E-state index contributed by atoms with van der Waals surface area (Å²) in [5, 5.41) is 9.86. The summed E-state index contributed by atoms with van der Waals surface area (Å²) in [6.07, 6.45) is 8.74. The Labute approximate surface area is 154 Å². The third-order valence-electron chi connectivity index (χ3n) is 6.90. The molecule has 0 bridgehead atoms. The summed E-state index contributed by atoms with van der Waals surface area (Å²) in [5.74, 6) is 1.94. The van der Waals surface area contributed by atoms with Gasteiger partial charge in [-0.1, -0.05) is 25.8 Å². The van der Waals surface area contributed by atoms with Gasteiger partial charge in [0.15, 0.2) is 0 Å². The molecular formula is C23H25F2N. The van der Waals surface area contributed by atoms with Crippen molar-refractivity contribution in [2.24, 2.45) is 17.8 Å². The summed E-state index contributed by atoms with van der Waals surface area (Å²) in [6, 6.07) is 7.97. The molecule has 0 radical (unpaired) electrons. The first-order chi connectivity index (χ1) is 12.6. The largest absolute Gasteiger partial charge is 0.206 e. The number of rotatable bonds is 2. The average molecular weight is 353 g/mol. The van der Waals surface area contributed by atoms with E-state index in [1.807, 2.05) is 6.07 Å². The van der Waals surface area contributed by atoms with Crippen LogP contribution in [0.25, 0.3) is 10.8 Å². The highest BCUT2D eigenvalue weighted by Crippen LogP contribution is 2.48. The Balaban J connectivity index is 1.61. The van der Waals surface area contributed by atoms with Crippen molar-refractivity contribution in [1.29, 1.82) is 5.26 Å². The van der Waals surface area contributed by atoms with E-state index in [1.165, 1.54) is 44.2 Å². The fourth-order valence-corrected chi connectivity index (χ4v) is 5.34. The molecule has 1 nitrogen and oxygen atoms in total. The van der Waals surface area contributed by atoms with Gasteiger partial charge in [-0.15, -0.1) is 0 Å². The molecule has 4 atom stereocenters. The molecule has 0 amide bonds. The molecule has 2 aliphatic rings. The summed E-state index contributed by atoms with van der Waals surface area (Å²) >= 11 is 0. The molecule has 0 saturated heterocycles. The lowest BCUT2D eigenvalue weighted by molar-refractivity contribution is 0.116. The van der Waals surface area contributed by atoms with Gasteiger partial charge in [0.25, 0.3) is 0 Å². The molecule has 2 aliphatic carbocycles. The molecule has 2 unspecified atom stereocenters. The maximum atomic E-state index is 14.6. The van der Waals surface area contributed by atoms with Crippen LogP contribution < -0.4 is 0 Å². The summed E-state index contributed by atoms with van der Waals surface area (Å²) in [4.78, 5) is 0. The second-order valence-electron chi connectivity index (χ2n) is 8.29. The van der Waals surface area contributed by atoms with E-state index in [4.69, 9.17) is 5.26 Å². The van der Waals surface area contributed by atoms with E-state index in [9.17, 15) is 8.78 Å². The molecular weight excluding hydrogens is 328 g/mol. The Morgan fingerprint density at radius 2 is 1.73 bits per heavy atom. The molecule has 2 aromatic carbocycles. The lowest BCUT2D eigenvalue weighted by Crippen LogP contribution is -2.30. The van der Waals surface area contributed by atoms with Crippen LogP contribution in [0.2, 0.25) is 0 Å². The second kappa shape index (κ2) is 6.99. The van der Waals surface area contributed by atoms with Gasteiger partial charge in [0.1, 0.15) is 17.7 Å². The Hall–Kier alpha value is -1.95. The van der Waals surface area contributed by atoms with Crippen LogP contribution in [-0.4, -0.2) is 0 Å². The Morgan fingerprint density at radius 3 is 2.50 bits per heavy atom. The second-order valence-corrected chi connectivity index (χ2v) is 8.29. The topological polar surface area (TPSA) is 23.8 Å². The zero-order chi connectivity index (χ0) is 18.3. The highest BCUT2D eigenvalue weighted by Gasteiger charge is 2.35. The van der Waals surface area contributed by atoms with Gasteiger partial charge < -0.3 is 0 Å². The van der Waals surface area contributed by atoms with Crippen LogP contribution in [0.1, 0.15) is 68.9 Å². The first kappa shape index (κ1) is 17.5. The predicted molar refractivity (Wildman–Crippen MR) is 99.8 cm³/mol. The highest BCUT2D eigenvalue weighted by atomic mass is 19.1. The number of benzene rings is 2. The van der Waals surface area contributed by atoms with E-state index >= 15 is 0 Å². The van der Waals surface area contributed by atoms with E-state index in [1.54, 1.807) is 12.1 Å². The van der Waals surface area contributed by atoms with E-state index < -0.39 is 5.82 Å². The van der Waals surface area contributed by atoms with Crippen LogP contribution >= 0.6 is 0 Å². The van der Waals surface area contributed by atoms with E-state index in [0.29, 0.717) is 16.7 Å². The van der Waals surface area contributed by atoms with Crippen molar-refractivity contribution in [3.8, 4) is 6.07 Å². The smallest absolute Gasteiger partial charge is 0.141 e. The van der Waals surface area contributed by atoms with Crippen molar-refractivity contribution in [3.05, 3.63) is 47.0 Å². The van der Waals surface area contributed by atoms with Gasteiger partial charge in [-0.2, -0.15) is 5.26 Å². The quantitative estimate of drug-likeness (QED) is 0.589. The molecule has 0 aliphatic heterocycles. The van der Waals surface area contributed by atoms with Crippen LogP contribution in [-0.2, 0) is 0 Å². The summed E-state index contributed by atoms with van der Waals surface area (Å²) in [7, 11) is 0. The van der Waals surface area contributed by atoms with E-state index in [2.05, 4.69) is 6.92 Å². The predicted octanol–water partition coefficient (Wildman–Crippen LogP) is 6.70. The Kier molecular flexibility index (Phi) is 4.69. The summed E-state index contributed by atoms with van der Waals surface area (Å²) in [6.45, 7) is 2.30. The van der Waals surface area contributed by atoms with Crippen molar-refractivity contribution in [2.75, 3.05) is 0 Å². The van der Waals surface area contributed by atoms with Gasteiger partial charge in [-0.25, -0.2) is 8.78 Å². The Morgan fingerprint density at radius 1 is 0.962 bits per heavy atom. The van der Waals surface area contributed by atoms with Gasteiger partial charge in [-0.05, 0) is 84.9 Å². The molecule has 26 heavy (non-hydrogen) atoms. The highest BCUT2D eigenvalue weighted by molar-refractivity contribution is 5.85. The normalized spacial score (nSPS) is 28.5. The number of nitrogens with zero attached hydrogens (tertiary/aromatic N) is 1. The maximum Gasteiger partial charge on any atom is 0.141 e. The molecule has 4 rings (SSSR count). The fraction of sp³-hybridized carbons (Fsp3) is 0.522. The minimum Gasteiger partial charge on any atom is -0.206 e. The number of halogens is 2. The fourth-order valence-electron chi connectivity index (χ4n) is 5.34. The molecule has 136 valence electrons. The summed E-state index contributed by atoms with van der Waals surface area (Å²) < 4.78 is 28.6. The van der Waals surface area contributed by atoms with Crippen molar-refractivity contribution < 1.29 is 8.78 Å². The lowest BCUT2D eigenvalue weighted by Gasteiger charge is -2.42. The zero-order valence-electron chi connectivity index (χ0n) is 15.3. The van der Waals surface area contributed by atoms with E-state index in [0.717, 1.165) is 36.2 Å². The third kappa shape index (κ3) is 3.11. The van der Waals surface area contributed by atoms with Gasteiger partial charge in [0, 0.05) is 5.39 Å². The SMILES string of the molecule is CC[C@@H]1CC[C@@H]2CC(c3cc(F)c4cc(C#N)c(F)cc4c3)CCC2C1. The molecule has 0 spiro atoms. The van der Waals surface area contributed by atoms with Crippen molar-refractivity contribution >= 4 is 10.8 Å². The van der Waals surface area contributed by atoms with Gasteiger partial charge in [0.05, 0.1) is 5.56 Å². The van der Waals surface area contributed by atoms with Crippen molar-refractivity contribution in [2.45, 2.75) is 57.8 Å². The minimum atomic E-state index is -0.571. The van der Waals surface area contributed by atoms with Crippen LogP contribution in [0, 0.1) is 40.7 Å². The van der Waals surface area contributed by atoms with Gasteiger partial charge in [0.2, 0.25) is 0 Å². The van der Waals surface area contributed by atoms with Crippen LogP contribution in [0.3, 0.4) is 0 Å². The summed E-state index contributed by atoms with van der Waals surface area (Å²) in [5.41, 5.74) is 0.896. The number of hydrogen-bond acceptors (Lipinski definition) is 1. The van der Waals surface area contributed by atoms with Crippen LogP contribution in [0.15, 0.2) is 24.3 Å². The molecule has 2 saturated carbocycles. The van der Waals surface area contributed by atoms with Crippen molar-refractivity contribution in [1.82, 2.24) is 0 Å². The lowest BCUT2D eigenvalue weighted by atomic mass is 9.63. The van der Waals surface area contributed by atoms with Gasteiger partial charge in [-0.3, -0.25) is 0 Å². The molecule has 0 heterocycles. The molecule has 0 N–H and O–H groups in total. The van der Waals surface area contributed by atoms with Crippen molar-refractivity contribution in [3.63, 3.8) is 0 Å². The first-order valence-corrected chi connectivity index (χ1v) is 9.91. The van der Waals surface area contributed by atoms with Crippen LogP contribution in [0.5, 0.6) is 0 Å². The Bertz CT molecular complexity index is 867. The number of nitriles is 1.